The average molecular weight is 483 g/mol. The molecule has 8 heteroatoms. The van der Waals surface area contributed by atoms with Crippen molar-refractivity contribution in [3.8, 4) is 0 Å². The quantitative estimate of drug-likeness (QED) is 0.427. The van der Waals surface area contributed by atoms with E-state index in [1.54, 1.807) is 6.26 Å². The minimum Gasteiger partial charge on any atom is -0.467 e. The third-order valence-electron chi connectivity index (χ3n) is 6.79. The van der Waals surface area contributed by atoms with Crippen LogP contribution in [0.15, 0.2) is 93.0 Å². The molecular weight excluding hydrogens is 456 g/mol. The largest absolute Gasteiger partial charge is 0.467 e. The Morgan fingerprint density at radius 2 is 1.69 bits per heavy atom. The number of fused-ring (bicyclic) bond motifs is 1. The fourth-order valence-corrected chi connectivity index (χ4v) is 4.85. The number of furan rings is 2. The second-order valence-electron chi connectivity index (χ2n) is 9.10. The number of hydrazone groups is 1. The summed E-state index contributed by atoms with van der Waals surface area (Å²) in [7, 11) is 0. The zero-order valence-electron chi connectivity index (χ0n) is 19.7. The first-order valence-corrected chi connectivity index (χ1v) is 12.1. The van der Waals surface area contributed by atoms with Gasteiger partial charge >= 0.3 is 0 Å². The Morgan fingerprint density at radius 1 is 0.917 bits per heavy atom. The predicted octanol–water partition coefficient (Wildman–Crippen LogP) is 4.16. The van der Waals surface area contributed by atoms with Crippen LogP contribution in [0.25, 0.3) is 11.0 Å². The standard InChI is InChI=1S/C28H26N4O4/c33-27(19-30-12-14-31(15-13-30)28(34)20-7-2-1-3-8-20)32-23(25-11-6-16-35-25)18-22(29-32)26-17-21-9-4-5-10-24(21)36-26/h1-11,16-17,23H,12-15,18-19H2. The lowest BCUT2D eigenvalue weighted by molar-refractivity contribution is -0.134. The molecule has 0 N–H and O–H groups in total. The molecule has 2 aromatic carbocycles. The van der Waals surface area contributed by atoms with Crippen LogP contribution < -0.4 is 0 Å². The topological polar surface area (TPSA) is 82.5 Å². The van der Waals surface area contributed by atoms with Gasteiger partial charge in [0.2, 0.25) is 0 Å². The molecule has 182 valence electrons. The van der Waals surface area contributed by atoms with E-state index in [2.05, 4.69) is 4.90 Å². The molecule has 36 heavy (non-hydrogen) atoms. The van der Waals surface area contributed by atoms with Crippen molar-refractivity contribution in [3.63, 3.8) is 0 Å². The van der Waals surface area contributed by atoms with E-state index in [1.807, 2.05) is 77.7 Å². The molecule has 0 saturated carbocycles. The Hall–Kier alpha value is -4.17. The normalized spacial score (nSPS) is 18.6. The number of benzene rings is 2. The van der Waals surface area contributed by atoms with Gasteiger partial charge in [0, 0.05) is 43.5 Å². The molecule has 2 aromatic heterocycles. The number of piperazine rings is 1. The van der Waals surface area contributed by atoms with Gasteiger partial charge in [-0.15, -0.1) is 0 Å². The molecule has 1 saturated heterocycles. The Bertz CT molecular complexity index is 1370. The molecular formula is C28H26N4O4. The molecule has 4 aromatic rings. The fraction of sp³-hybridized carbons (Fsp3) is 0.250. The second-order valence-corrected chi connectivity index (χ2v) is 9.10. The van der Waals surface area contributed by atoms with Crippen LogP contribution in [-0.4, -0.2) is 65.1 Å². The Morgan fingerprint density at radius 3 is 2.44 bits per heavy atom. The third-order valence-corrected chi connectivity index (χ3v) is 6.79. The lowest BCUT2D eigenvalue weighted by Crippen LogP contribution is -2.51. The SMILES string of the molecule is O=C(c1ccccc1)N1CCN(CC(=O)N2N=C(c3cc4ccccc4o3)CC2c2ccco2)CC1. The minimum absolute atomic E-state index is 0.0269. The van der Waals surface area contributed by atoms with E-state index in [-0.39, 0.29) is 24.4 Å². The highest BCUT2D eigenvalue weighted by Crippen LogP contribution is 2.34. The maximum absolute atomic E-state index is 13.4. The summed E-state index contributed by atoms with van der Waals surface area (Å²) in [6, 6.07) is 22.4. The number of carbonyl (C=O) groups excluding carboxylic acids is 2. The van der Waals surface area contributed by atoms with E-state index in [0.717, 1.165) is 16.7 Å². The molecule has 0 bridgehead atoms. The number of amides is 2. The zero-order chi connectivity index (χ0) is 24.5. The first-order valence-electron chi connectivity index (χ1n) is 12.1. The third kappa shape index (κ3) is 4.31. The Balaban J connectivity index is 1.15. The highest BCUT2D eigenvalue weighted by atomic mass is 16.3. The van der Waals surface area contributed by atoms with E-state index in [9.17, 15) is 9.59 Å². The van der Waals surface area contributed by atoms with Gasteiger partial charge in [-0.05, 0) is 36.4 Å². The lowest BCUT2D eigenvalue weighted by atomic mass is 10.1. The van der Waals surface area contributed by atoms with Crippen LogP contribution in [-0.2, 0) is 4.79 Å². The first kappa shape index (κ1) is 22.3. The van der Waals surface area contributed by atoms with Gasteiger partial charge < -0.3 is 13.7 Å². The summed E-state index contributed by atoms with van der Waals surface area (Å²) in [6.45, 7) is 2.64. The summed E-state index contributed by atoms with van der Waals surface area (Å²) >= 11 is 0. The maximum Gasteiger partial charge on any atom is 0.257 e. The van der Waals surface area contributed by atoms with Crippen molar-refractivity contribution in [2.24, 2.45) is 5.10 Å². The van der Waals surface area contributed by atoms with Crippen molar-refractivity contribution < 1.29 is 18.4 Å². The van der Waals surface area contributed by atoms with Crippen molar-refractivity contribution in [1.29, 1.82) is 0 Å². The molecule has 8 nitrogen and oxygen atoms in total. The summed E-state index contributed by atoms with van der Waals surface area (Å²) in [5.74, 6) is 1.28. The Labute approximate surface area is 208 Å². The molecule has 2 aliphatic heterocycles. The van der Waals surface area contributed by atoms with Gasteiger partial charge in [-0.3, -0.25) is 14.5 Å². The van der Waals surface area contributed by atoms with E-state index in [0.29, 0.717) is 49.7 Å². The Kier molecular flexibility index (Phi) is 5.87. The van der Waals surface area contributed by atoms with Crippen LogP contribution in [0.1, 0.15) is 34.3 Å². The number of carbonyl (C=O) groups is 2. The van der Waals surface area contributed by atoms with Gasteiger partial charge in [-0.1, -0.05) is 36.4 Å². The van der Waals surface area contributed by atoms with Gasteiger partial charge in [-0.2, -0.15) is 5.10 Å². The molecule has 1 unspecified atom stereocenters. The van der Waals surface area contributed by atoms with E-state index in [1.165, 1.54) is 5.01 Å². The van der Waals surface area contributed by atoms with Gasteiger partial charge in [0.1, 0.15) is 23.1 Å². The smallest absolute Gasteiger partial charge is 0.257 e. The van der Waals surface area contributed by atoms with Crippen molar-refractivity contribution in [2.75, 3.05) is 32.7 Å². The summed E-state index contributed by atoms with van der Waals surface area (Å²) in [4.78, 5) is 30.1. The van der Waals surface area contributed by atoms with Crippen LogP contribution >= 0.6 is 0 Å². The summed E-state index contributed by atoms with van der Waals surface area (Å²) < 4.78 is 11.7. The average Bonchev–Trinajstić information content (AvgIpc) is 3.68. The highest BCUT2D eigenvalue weighted by Gasteiger charge is 2.37. The number of rotatable bonds is 5. The van der Waals surface area contributed by atoms with Crippen LogP contribution in [0, 0.1) is 0 Å². The summed E-state index contributed by atoms with van der Waals surface area (Å²) in [5, 5.41) is 7.22. The molecule has 4 heterocycles. The van der Waals surface area contributed by atoms with Crippen LogP contribution in [0.3, 0.4) is 0 Å². The van der Waals surface area contributed by atoms with Crippen molar-refractivity contribution in [3.05, 3.63) is 96.1 Å². The van der Waals surface area contributed by atoms with Crippen molar-refractivity contribution in [1.82, 2.24) is 14.8 Å². The van der Waals surface area contributed by atoms with Crippen molar-refractivity contribution >= 4 is 28.5 Å². The van der Waals surface area contributed by atoms with Crippen molar-refractivity contribution in [2.45, 2.75) is 12.5 Å². The molecule has 2 amide bonds. The lowest BCUT2D eigenvalue weighted by Gasteiger charge is -2.35. The number of nitrogens with zero attached hydrogens (tertiary/aromatic N) is 4. The number of hydrogen-bond acceptors (Lipinski definition) is 6. The van der Waals surface area contributed by atoms with Crippen LogP contribution in [0.5, 0.6) is 0 Å². The van der Waals surface area contributed by atoms with E-state index < -0.39 is 0 Å². The van der Waals surface area contributed by atoms with Gasteiger partial charge in [0.25, 0.3) is 11.8 Å². The highest BCUT2D eigenvalue weighted by molar-refractivity contribution is 6.03. The molecule has 0 spiro atoms. The van der Waals surface area contributed by atoms with Gasteiger partial charge in [-0.25, -0.2) is 5.01 Å². The molecule has 1 fully saturated rings. The van der Waals surface area contributed by atoms with Gasteiger partial charge in [0.05, 0.1) is 12.8 Å². The summed E-state index contributed by atoms with van der Waals surface area (Å²) in [5.41, 5.74) is 2.20. The van der Waals surface area contributed by atoms with Crippen LogP contribution in [0.2, 0.25) is 0 Å². The van der Waals surface area contributed by atoms with E-state index >= 15 is 0 Å². The molecule has 0 radical (unpaired) electrons. The molecule has 6 rings (SSSR count). The molecule has 2 aliphatic rings. The predicted molar refractivity (Wildman–Crippen MR) is 134 cm³/mol. The number of para-hydroxylation sites is 1. The minimum atomic E-state index is -0.323. The summed E-state index contributed by atoms with van der Waals surface area (Å²) in [6.07, 6.45) is 2.12. The second kappa shape index (κ2) is 9.47. The van der Waals surface area contributed by atoms with E-state index in [4.69, 9.17) is 13.9 Å². The first-order chi connectivity index (χ1) is 17.7. The molecule has 0 aliphatic carbocycles. The monoisotopic (exact) mass is 482 g/mol. The zero-order valence-corrected chi connectivity index (χ0v) is 19.7. The van der Waals surface area contributed by atoms with Crippen LogP contribution in [0.4, 0.5) is 0 Å². The fourth-order valence-electron chi connectivity index (χ4n) is 4.85. The molecule has 1 atom stereocenters. The number of hydrogen-bond donors (Lipinski definition) is 0. The maximum atomic E-state index is 13.4. The van der Waals surface area contributed by atoms with Gasteiger partial charge in [0.15, 0.2) is 5.76 Å².